The second-order valence-corrected chi connectivity index (χ2v) is 9.41. The number of hydrogen-bond donors (Lipinski definition) is 0. The van der Waals surface area contributed by atoms with Crippen LogP contribution in [0.2, 0.25) is 0 Å². The molecule has 0 amide bonds. The maximum absolute atomic E-state index is 2.97. The van der Waals surface area contributed by atoms with Gasteiger partial charge >= 0.3 is 26.8 Å². The Morgan fingerprint density at radius 3 is 1.73 bits per heavy atom. The second-order valence-electron chi connectivity index (χ2n) is 9.41. The van der Waals surface area contributed by atoms with E-state index in [2.05, 4.69) is 138 Å². The van der Waals surface area contributed by atoms with Gasteiger partial charge in [0, 0.05) is 0 Å². The van der Waals surface area contributed by atoms with E-state index in [-0.39, 0.29) is 14.9 Å². The molecule has 6 aromatic carbocycles. The second kappa shape index (κ2) is 13.7. The van der Waals surface area contributed by atoms with Gasteiger partial charge in [-0.25, -0.2) is 0 Å². The standard InChI is InChI=1S/C20H15.C13H15.2CH3.Si.Ti/c1-14-12-16-8-5-11-19(20(16)13-14)18-10-4-7-15-6-2-3-9-17(15)18;1-9(2)12-6-4-5-11-7-10(3)8-13(11)12;;;;/h2-13H,1H3;4-9H,1-3H3;2*1H3;;/q4*-1;;. The molecule has 0 atom stereocenters. The molecule has 0 spiro atoms. The molecular formula is C35H36SiTi-4. The zero-order chi connectivity index (χ0) is 24.9. The summed E-state index contributed by atoms with van der Waals surface area (Å²) in [6.45, 7) is 8.81. The molecule has 6 aromatic rings. The molecule has 0 nitrogen and oxygen atoms in total. The summed E-state index contributed by atoms with van der Waals surface area (Å²) in [6.07, 6.45) is 0. The molecule has 0 unspecified atom stereocenters. The van der Waals surface area contributed by atoms with Crippen molar-refractivity contribution in [3.05, 3.63) is 135 Å². The molecule has 2 heteroatoms. The van der Waals surface area contributed by atoms with Gasteiger partial charge in [-0.15, -0.1) is 69.1 Å². The van der Waals surface area contributed by atoms with Crippen molar-refractivity contribution >= 4 is 39.9 Å². The summed E-state index contributed by atoms with van der Waals surface area (Å²) in [5.41, 5.74) is 6.80. The Labute approximate surface area is 237 Å². The molecule has 0 heterocycles. The van der Waals surface area contributed by atoms with Gasteiger partial charge in [0.1, 0.15) is 0 Å². The predicted octanol–water partition coefficient (Wildman–Crippen LogP) is 10.2. The van der Waals surface area contributed by atoms with Gasteiger partial charge in [-0.3, -0.25) is 0 Å². The van der Waals surface area contributed by atoms with Gasteiger partial charge < -0.3 is 14.9 Å². The molecule has 188 valence electrons. The Balaban J connectivity index is 0.000000249. The molecule has 0 fully saturated rings. The normalized spacial score (nSPS) is 10.2. The van der Waals surface area contributed by atoms with Crippen LogP contribution in [0.15, 0.2) is 103 Å². The fraction of sp³-hybridized carbons (Fsp3) is 0.143. The molecule has 6 rings (SSSR count). The predicted molar refractivity (Wildman–Crippen MR) is 164 cm³/mol. The molecule has 0 aliphatic heterocycles. The zero-order valence-electron chi connectivity index (χ0n) is 22.9. The van der Waals surface area contributed by atoms with Gasteiger partial charge in [-0.2, -0.15) is 12.1 Å². The third kappa shape index (κ3) is 6.60. The van der Waals surface area contributed by atoms with Crippen molar-refractivity contribution in [2.75, 3.05) is 0 Å². The molecular weight excluding hydrogens is 496 g/mol. The Hall–Kier alpha value is -2.71. The summed E-state index contributed by atoms with van der Waals surface area (Å²) in [4.78, 5) is 0. The van der Waals surface area contributed by atoms with E-state index in [0.29, 0.717) is 5.92 Å². The maximum atomic E-state index is 2.97. The van der Waals surface area contributed by atoms with Crippen LogP contribution < -0.4 is 0 Å². The molecule has 0 N–H and O–H groups in total. The van der Waals surface area contributed by atoms with Gasteiger partial charge in [0.2, 0.25) is 0 Å². The number of benzene rings is 4. The number of hydrogen-bond acceptors (Lipinski definition) is 0. The quantitative estimate of drug-likeness (QED) is 0.154. The summed E-state index contributed by atoms with van der Waals surface area (Å²) in [5, 5.41) is 8.10. The number of aryl methyl sites for hydroxylation is 2. The van der Waals surface area contributed by atoms with Crippen LogP contribution >= 0.6 is 0 Å². The minimum atomic E-state index is 0. The van der Waals surface area contributed by atoms with E-state index in [1.165, 1.54) is 60.1 Å². The van der Waals surface area contributed by atoms with Crippen molar-refractivity contribution in [3.63, 3.8) is 0 Å². The van der Waals surface area contributed by atoms with Crippen LogP contribution in [0.5, 0.6) is 0 Å². The minimum absolute atomic E-state index is 0. The van der Waals surface area contributed by atoms with E-state index in [0.717, 1.165) is 0 Å². The first kappa shape index (κ1) is 30.5. The van der Waals surface area contributed by atoms with Gasteiger partial charge in [0.25, 0.3) is 0 Å². The van der Waals surface area contributed by atoms with Crippen molar-refractivity contribution in [3.8, 4) is 11.1 Å². The van der Waals surface area contributed by atoms with Crippen LogP contribution in [0.4, 0.5) is 0 Å². The van der Waals surface area contributed by atoms with Crippen LogP contribution in [0.1, 0.15) is 36.5 Å². The van der Waals surface area contributed by atoms with E-state index in [1.54, 1.807) is 19.2 Å². The van der Waals surface area contributed by atoms with Gasteiger partial charge in [0.15, 0.2) is 0 Å². The first-order chi connectivity index (χ1) is 17.0. The first-order valence-electron chi connectivity index (χ1n) is 12.1. The fourth-order valence-corrected chi connectivity index (χ4v) is 4.99. The first-order valence-corrected chi connectivity index (χ1v) is 14.9. The van der Waals surface area contributed by atoms with E-state index in [1.807, 2.05) is 0 Å². The average Bonchev–Trinajstić information content (AvgIpc) is 3.45. The molecule has 0 bridgehead atoms. The van der Waals surface area contributed by atoms with Crippen LogP contribution in [-0.4, -0.2) is 7.63 Å². The van der Waals surface area contributed by atoms with Gasteiger partial charge in [-0.1, -0.05) is 93.4 Å². The molecule has 0 saturated carbocycles. The summed E-state index contributed by atoms with van der Waals surface area (Å²) in [6, 6.07) is 37.3. The average molecular weight is 533 g/mol. The third-order valence-corrected chi connectivity index (χ3v) is 6.53. The Morgan fingerprint density at radius 1 is 0.595 bits per heavy atom. The molecule has 37 heavy (non-hydrogen) atoms. The Kier molecular flexibility index (Phi) is 11.3. The van der Waals surface area contributed by atoms with Crippen molar-refractivity contribution < 1.29 is 19.2 Å². The summed E-state index contributed by atoms with van der Waals surface area (Å²) in [7, 11) is 2.97. The van der Waals surface area contributed by atoms with E-state index in [9.17, 15) is 0 Å². The monoisotopic (exact) mass is 532 g/mol. The van der Waals surface area contributed by atoms with Gasteiger partial charge in [-0.05, 0) is 22.3 Å². The number of rotatable bonds is 2. The van der Waals surface area contributed by atoms with E-state index < -0.39 is 0 Å². The summed E-state index contributed by atoms with van der Waals surface area (Å²) < 4.78 is 0. The zero-order valence-corrected chi connectivity index (χ0v) is 25.5. The van der Waals surface area contributed by atoms with E-state index in [4.69, 9.17) is 0 Å². The molecule has 0 aliphatic carbocycles. The van der Waals surface area contributed by atoms with Crippen molar-refractivity contribution in [1.29, 1.82) is 0 Å². The third-order valence-electron chi connectivity index (χ3n) is 6.53. The van der Waals surface area contributed by atoms with Crippen molar-refractivity contribution in [2.24, 2.45) is 0 Å². The van der Waals surface area contributed by atoms with Crippen molar-refractivity contribution in [1.82, 2.24) is 0 Å². The summed E-state index contributed by atoms with van der Waals surface area (Å²) >= 11 is 1.81. The topological polar surface area (TPSA) is 0 Å². The molecule has 0 saturated heterocycles. The van der Waals surface area contributed by atoms with Crippen LogP contribution in [0, 0.1) is 28.7 Å². The van der Waals surface area contributed by atoms with Crippen LogP contribution in [0.3, 0.4) is 0 Å². The van der Waals surface area contributed by atoms with Gasteiger partial charge in [0.05, 0.1) is 0 Å². The molecule has 2 radical (unpaired) electrons. The Bertz CT molecular complexity index is 1580. The SMILES string of the molecule is Cc1cc2c(-c3cccc4ccccc34)cccc2[cH-]1.Cc1cc2c(C(C)C)cccc2[cH-]1.[CH3-].[CH3-].[Si]=[Ti]. The molecule has 0 aromatic heterocycles. The Morgan fingerprint density at radius 2 is 1.08 bits per heavy atom. The van der Waals surface area contributed by atoms with E-state index >= 15 is 0 Å². The van der Waals surface area contributed by atoms with Crippen LogP contribution in [0.25, 0.3) is 43.4 Å². The summed E-state index contributed by atoms with van der Waals surface area (Å²) in [5.74, 6) is 0.616. The van der Waals surface area contributed by atoms with Crippen molar-refractivity contribution in [2.45, 2.75) is 33.6 Å². The number of fused-ring (bicyclic) bond motifs is 3. The fourth-order valence-electron chi connectivity index (χ4n) is 4.99. The van der Waals surface area contributed by atoms with Crippen LogP contribution in [-0.2, 0) is 19.2 Å². The molecule has 0 aliphatic rings.